The monoisotopic (exact) mass is 117 g/mol. The van der Waals surface area contributed by atoms with Crippen molar-refractivity contribution in [2.45, 2.75) is 13.3 Å². The highest BCUT2D eigenvalue weighted by Crippen LogP contribution is 1.89. The third kappa shape index (κ3) is 1.56. The van der Waals surface area contributed by atoms with E-state index in [-0.39, 0.29) is 0 Å². The Bertz CT molecular complexity index is 198. The average molecular weight is 117 g/mol. The molecule has 0 atom stereocenters. The van der Waals surface area contributed by atoms with Crippen molar-refractivity contribution in [1.82, 2.24) is 4.98 Å². The third-order valence-electron chi connectivity index (χ3n) is 1.20. The van der Waals surface area contributed by atoms with Crippen LogP contribution in [-0.4, -0.2) is 12.8 Å². The Balaban J connectivity index is 2.94. The Morgan fingerprint density at radius 3 is 2.89 bits per heavy atom. The van der Waals surface area contributed by atoms with Gasteiger partial charge in [-0.05, 0) is 12.5 Å². The first-order chi connectivity index (χ1) is 4.33. The van der Waals surface area contributed by atoms with Gasteiger partial charge in [-0.15, -0.1) is 0 Å². The zero-order valence-electron chi connectivity index (χ0n) is 5.46. The van der Waals surface area contributed by atoms with Gasteiger partial charge in [-0.1, -0.05) is 18.5 Å². The van der Waals surface area contributed by atoms with Crippen LogP contribution in [0.25, 0.3) is 0 Å². The van der Waals surface area contributed by atoms with E-state index >= 15 is 0 Å². The lowest BCUT2D eigenvalue weighted by atomic mass is 9.97. The van der Waals surface area contributed by atoms with Crippen LogP contribution in [0.1, 0.15) is 12.6 Å². The molecule has 1 aromatic rings. The molecule has 1 heterocycles. The van der Waals surface area contributed by atoms with Crippen LogP contribution in [0.3, 0.4) is 0 Å². The van der Waals surface area contributed by atoms with Crippen molar-refractivity contribution in [3.05, 3.63) is 24.0 Å². The van der Waals surface area contributed by atoms with E-state index in [1.54, 1.807) is 12.3 Å². The largest absolute Gasteiger partial charge is 0.261 e. The highest BCUT2D eigenvalue weighted by Gasteiger charge is 1.87. The SMILES string of the molecule is [B]c1ccnc(CC)c1. The number of hydrogen-bond donors (Lipinski definition) is 0. The molecular formula is C7H8BN. The van der Waals surface area contributed by atoms with Crippen LogP contribution >= 0.6 is 0 Å². The van der Waals surface area contributed by atoms with Crippen LogP contribution in [0.5, 0.6) is 0 Å². The van der Waals surface area contributed by atoms with Gasteiger partial charge < -0.3 is 0 Å². The Morgan fingerprint density at radius 1 is 1.67 bits per heavy atom. The van der Waals surface area contributed by atoms with E-state index in [4.69, 9.17) is 7.85 Å². The van der Waals surface area contributed by atoms with Crippen LogP contribution in [0, 0.1) is 0 Å². The van der Waals surface area contributed by atoms with E-state index in [0.717, 1.165) is 17.6 Å². The first-order valence-corrected chi connectivity index (χ1v) is 3.03. The van der Waals surface area contributed by atoms with Gasteiger partial charge in [0.05, 0.1) is 0 Å². The summed E-state index contributed by atoms with van der Waals surface area (Å²) >= 11 is 0. The van der Waals surface area contributed by atoms with Crippen molar-refractivity contribution >= 4 is 13.3 Å². The maximum absolute atomic E-state index is 5.49. The predicted octanol–water partition coefficient (Wildman–Crippen LogP) is 0.438. The zero-order valence-corrected chi connectivity index (χ0v) is 5.46. The molecule has 1 nitrogen and oxygen atoms in total. The lowest BCUT2D eigenvalue weighted by Gasteiger charge is -1.94. The van der Waals surface area contributed by atoms with Gasteiger partial charge in [0.25, 0.3) is 0 Å². The van der Waals surface area contributed by atoms with Crippen LogP contribution in [0.15, 0.2) is 18.3 Å². The maximum Gasteiger partial charge on any atom is 0.113 e. The zero-order chi connectivity index (χ0) is 6.69. The summed E-state index contributed by atoms with van der Waals surface area (Å²) in [6.07, 6.45) is 2.68. The first kappa shape index (κ1) is 6.34. The van der Waals surface area contributed by atoms with Crippen molar-refractivity contribution in [2.24, 2.45) is 0 Å². The normalized spacial score (nSPS) is 9.44. The molecule has 9 heavy (non-hydrogen) atoms. The predicted molar refractivity (Wildman–Crippen MR) is 39.0 cm³/mol. The van der Waals surface area contributed by atoms with E-state index < -0.39 is 0 Å². The molecule has 1 rings (SSSR count). The molecule has 2 heteroatoms. The highest BCUT2D eigenvalue weighted by atomic mass is 14.7. The molecule has 0 N–H and O–H groups in total. The minimum Gasteiger partial charge on any atom is -0.261 e. The van der Waals surface area contributed by atoms with Crippen molar-refractivity contribution in [1.29, 1.82) is 0 Å². The van der Waals surface area contributed by atoms with Crippen LogP contribution in [0.2, 0.25) is 0 Å². The molecular weight excluding hydrogens is 109 g/mol. The van der Waals surface area contributed by atoms with Crippen molar-refractivity contribution in [3.63, 3.8) is 0 Å². The lowest BCUT2D eigenvalue weighted by molar-refractivity contribution is 1.04. The number of hydrogen-bond acceptors (Lipinski definition) is 1. The van der Waals surface area contributed by atoms with Gasteiger partial charge in [0.1, 0.15) is 7.85 Å². The molecule has 0 saturated carbocycles. The molecule has 0 saturated heterocycles. The molecule has 0 aromatic carbocycles. The number of rotatable bonds is 1. The molecule has 0 aliphatic heterocycles. The summed E-state index contributed by atoms with van der Waals surface area (Å²) in [4.78, 5) is 4.08. The fourth-order valence-corrected chi connectivity index (χ4v) is 0.690. The number of aryl methyl sites for hydroxylation is 1. The smallest absolute Gasteiger partial charge is 0.113 e. The number of aromatic nitrogens is 1. The van der Waals surface area contributed by atoms with Gasteiger partial charge in [-0.2, -0.15) is 0 Å². The summed E-state index contributed by atoms with van der Waals surface area (Å²) in [7, 11) is 5.49. The summed E-state index contributed by atoms with van der Waals surface area (Å²) in [6, 6.07) is 3.68. The van der Waals surface area contributed by atoms with Gasteiger partial charge in [-0.3, -0.25) is 4.98 Å². The van der Waals surface area contributed by atoms with Crippen molar-refractivity contribution in [2.75, 3.05) is 0 Å². The maximum atomic E-state index is 5.49. The summed E-state index contributed by atoms with van der Waals surface area (Å²) in [5.74, 6) is 0. The lowest BCUT2D eigenvalue weighted by Crippen LogP contribution is -2.03. The molecule has 44 valence electrons. The minimum absolute atomic E-state index is 0.793. The van der Waals surface area contributed by atoms with Crippen molar-refractivity contribution in [3.8, 4) is 0 Å². The molecule has 1 aromatic heterocycles. The molecule has 0 fully saturated rings. The number of pyridine rings is 1. The first-order valence-electron chi connectivity index (χ1n) is 3.03. The quantitative estimate of drug-likeness (QED) is 0.486. The molecule has 0 spiro atoms. The molecule has 0 unspecified atom stereocenters. The molecule has 2 radical (unpaired) electrons. The fraction of sp³-hybridized carbons (Fsp3) is 0.286. The van der Waals surface area contributed by atoms with Crippen molar-refractivity contribution < 1.29 is 0 Å². The van der Waals surface area contributed by atoms with Gasteiger partial charge in [0.15, 0.2) is 0 Å². The second kappa shape index (κ2) is 2.67. The standard InChI is InChI=1S/C7H8BN/c1-2-7-5-6(8)3-4-9-7/h3-5H,2H2,1H3. The molecule has 0 bridgehead atoms. The van der Waals surface area contributed by atoms with Gasteiger partial charge in [0.2, 0.25) is 0 Å². The van der Waals surface area contributed by atoms with E-state index in [0.29, 0.717) is 0 Å². The third-order valence-corrected chi connectivity index (χ3v) is 1.20. The Hall–Kier alpha value is -0.785. The van der Waals surface area contributed by atoms with E-state index in [1.807, 2.05) is 6.07 Å². The van der Waals surface area contributed by atoms with Crippen LogP contribution in [0.4, 0.5) is 0 Å². The highest BCUT2D eigenvalue weighted by molar-refractivity contribution is 6.32. The fourth-order valence-electron chi connectivity index (χ4n) is 0.690. The second-order valence-corrected chi connectivity index (χ2v) is 1.93. The van der Waals surface area contributed by atoms with Gasteiger partial charge >= 0.3 is 0 Å². The van der Waals surface area contributed by atoms with Gasteiger partial charge in [-0.25, -0.2) is 0 Å². The van der Waals surface area contributed by atoms with Crippen LogP contribution < -0.4 is 5.46 Å². The summed E-state index contributed by atoms with van der Waals surface area (Å²) in [5, 5.41) is 0. The molecule has 0 aliphatic rings. The Kier molecular flexibility index (Phi) is 1.88. The number of nitrogens with zero attached hydrogens (tertiary/aromatic N) is 1. The van der Waals surface area contributed by atoms with E-state index in [1.165, 1.54) is 0 Å². The summed E-state index contributed by atoms with van der Waals surface area (Å²) in [5.41, 5.74) is 1.84. The Morgan fingerprint density at radius 2 is 2.44 bits per heavy atom. The van der Waals surface area contributed by atoms with E-state index in [2.05, 4.69) is 11.9 Å². The average Bonchev–Trinajstić information content (AvgIpc) is 1.88. The van der Waals surface area contributed by atoms with E-state index in [9.17, 15) is 0 Å². The van der Waals surface area contributed by atoms with Crippen LogP contribution in [-0.2, 0) is 6.42 Å². The summed E-state index contributed by atoms with van der Waals surface area (Å²) in [6.45, 7) is 2.06. The van der Waals surface area contributed by atoms with Gasteiger partial charge in [0, 0.05) is 11.9 Å². The second-order valence-electron chi connectivity index (χ2n) is 1.93. The topological polar surface area (TPSA) is 12.9 Å². The summed E-state index contributed by atoms with van der Waals surface area (Å²) < 4.78 is 0. The molecule has 0 aliphatic carbocycles. The minimum atomic E-state index is 0.793. The Labute approximate surface area is 56.5 Å². The molecule has 0 amide bonds.